The molecule has 0 spiro atoms. The molecule has 2 aromatic rings. The van der Waals surface area contributed by atoms with Gasteiger partial charge in [-0.3, -0.25) is 0 Å². The van der Waals surface area contributed by atoms with Crippen LogP contribution in [0.25, 0.3) is 0 Å². The molecule has 1 saturated heterocycles. The van der Waals surface area contributed by atoms with Gasteiger partial charge in [0.15, 0.2) is 0 Å². The molecule has 4 rings (SSSR count). The largest absolute Gasteiger partial charge is 0.303 e. The van der Waals surface area contributed by atoms with Gasteiger partial charge in [-0.25, -0.2) is 0 Å². The summed E-state index contributed by atoms with van der Waals surface area (Å²) in [5.41, 5.74) is 4.17. The average Bonchev–Trinajstić information content (AvgIpc) is 2.88. The molecule has 0 radical (unpaired) electrons. The molecule has 1 heterocycles. The Kier molecular flexibility index (Phi) is 3.68. The van der Waals surface area contributed by atoms with Crippen molar-refractivity contribution in [2.75, 3.05) is 13.6 Å². The van der Waals surface area contributed by atoms with Crippen molar-refractivity contribution in [3.05, 3.63) is 69.2 Å². The Morgan fingerprint density at radius 3 is 2.55 bits per heavy atom. The quantitative estimate of drug-likeness (QED) is 0.683. The van der Waals surface area contributed by atoms with Gasteiger partial charge in [0.2, 0.25) is 0 Å². The fraction of sp³-hybridized carbons (Fsp3) is 0.368. The molecule has 22 heavy (non-hydrogen) atoms. The number of likely N-dealkylation sites (tertiary alicyclic amines) is 1. The second kappa shape index (κ2) is 5.56. The van der Waals surface area contributed by atoms with Gasteiger partial charge in [0.1, 0.15) is 0 Å². The Balaban J connectivity index is 1.84. The predicted molar refractivity (Wildman–Crippen MR) is 93.1 cm³/mol. The molecule has 2 aromatic carbocycles. The number of likely N-dealkylation sites (N-methyl/N-ethyl adjacent to an activating group) is 1. The molecule has 0 N–H and O–H groups in total. The molecular weight excluding hydrogens is 313 g/mol. The zero-order chi connectivity index (χ0) is 15.3. The van der Waals surface area contributed by atoms with E-state index in [0.717, 1.165) is 11.4 Å². The highest BCUT2D eigenvalue weighted by molar-refractivity contribution is 6.35. The Morgan fingerprint density at radius 2 is 1.77 bits per heavy atom. The number of rotatable bonds is 1. The first-order valence-corrected chi connectivity index (χ1v) is 8.65. The van der Waals surface area contributed by atoms with Crippen LogP contribution in [0.2, 0.25) is 10.0 Å². The summed E-state index contributed by atoms with van der Waals surface area (Å²) >= 11 is 12.6. The van der Waals surface area contributed by atoms with E-state index in [0.29, 0.717) is 22.9 Å². The van der Waals surface area contributed by atoms with Gasteiger partial charge in [-0.15, -0.1) is 0 Å². The fourth-order valence-corrected chi connectivity index (χ4v) is 4.87. The number of nitrogens with zero attached hydrogens (tertiary/aromatic N) is 1. The summed E-state index contributed by atoms with van der Waals surface area (Å²) in [5.74, 6) is 1.03. The molecule has 1 nitrogen and oxygen atoms in total. The van der Waals surface area contributed by atoms with Crippen molar-refractivity contribution in [2.45, 2.75) is 30.7 Å². The summed E-state index contributed by atoms with van der Waals surface area (Å²) < 4.78 is 0. The first kappa shape index (κ1) is 14.6. The van der Waals surface area contributed by atoms with E-state index in [1.807, 2.05) is 12.1 Å². The van der Waals surface area contributed by atoms with Crippen LogP contribution in [0, 0.1) is 0 Å². The summed E-state index contributed by atoms with van der Waals surface area (Å²) in [7, 11) is 2.25. The average molecular weight is 332 g/mol. The number of halogens is 2. The number of fused-ring (bicyclic) bond motifs is 3. The standard InChI is InChI=1S/C19H19Cl2N/c1-22-9-8-16-13-4-2-3-5-14(13)17(11-19(16)22)15-7-6-12(20)10-18(15)21/h2-7,10,16-17,19H,8-9,11H2,1H3/t16?,17?,19-/m0/s1. The van der Waals surface area contributed by atoms with Crippen molar-refractivity contribution in [3.8, 4) is 0 Å². The Hall–Kier alpha value is -1.02. The fourth-order valence-electron chi connectivity index (χ4n) is 4.33. The lowest BCUT2D eigenvalue weighted by Crippen LogP contribution is -2.34. The van der Waals surface area contributed by atoms with Crippen LogP contribution in [0.5, 0.6) is 0 Å². The Labute approximate surface area is 141 Å². The van der Waals surface area contributed by atoms with Gasteiger partial charge in [-0.2, -0.15) is 0 Å². The van der Waals surface area contributed by atoms with E-state index >= 15 is 0 Å². The maximum Gasteiger partial charge on any atom is 0.0459 e. The molecule has 0 saturated carbocycles. The SMILES string of the molecule is CN1CCC2c3ccccc3C(c3ccc(Cl)cc3Cl)C[C@@H]21. The van der Waals surface area contributed by atoms with Crippen molar-refractivity contribution in [1.29, 1.82) is 0 Å². The number of benzene rings is 2. The minimum Gasteiger partial charge on any atom is -0.303 e. The van der Waals surface area contributed by atoms with E-state index in [1.54, 1.807) is 0 Å². The molecule has 0 aromatic heterocycles. The van der Waals surface area contributed by atoms with E-state index in [9.17, 15) is 0 Å². The van der Waals surface area contributed by atoms with Crippen molar-refractivity contribution in [3.63, 3.8) is 0 Å². The van der Waals surface area contributed by atoms with Crippen LogP contribution in [0.1, 0.15) is 41.4 Å². The van der Waals surface area contributed by atoms with Gasteiger partial charge in [0.05, 0.1) is 0 Å². The van der Waals surface area contributed by atoms with Crippen molar-refractivity contribution < 1.29 is 0 Å². The van der Waals surface area contributed by atoms with E-state index < -0.39 is 0 Å². The van der Waals surface area contributed by atoms with E-state index in [1.165, 1.54) is 29.7 Å². The van der Waals surface area contributed by atoms with Gasteiger partial charge < -0.3 is 4.90 Å². The highest BCUT2D eigenvalue weighted by atomic mass is 35.5. The second-order valence-corrected chi connectivity index (χ2v) is 7.37. The number of hydrogen-bond donors (Lipinski definition) is 0. The van der Waals surface area contributed by atoms with Crippen LogP contribution < -0.4 is 0 Å². The maximum absolute atomic E-state index is 6.51. The molecule has 2 unspecified atom stereocenters. The van der Waals surface area contributed by atoms with Crippen LogP contribution in [0.3, 0.4) is 0 Å². The van der Waals surface area contributed by atoms with E-state index in [2.05, 4.69) is 42.3 Å². The van der Waals surface area contributed by atoms with Crippen LogP contribution >= 0.6 is 23.2 Å². The zero-order valence-electron chi connectivity index (χ0n) is 12.6. The van der Waals surface area contributed by atoms with E-state index in [-0.39, 0.29) is 0 Å². The van der Waals surface area contributed by atoms with Gasteiger partial charge in [-0.05, 0) is 55.3 Å². The van der Waals surface area contributed by atoms with Crippen LogP contribution in [-0.4, -0.2) is 24.5 Å². The predicted octanol–water partition coefficient (Wildman–Crippen LogP) is 5.32. The molecule has 3 heteroatoms. The molecule has 1 fully saturated rings. The maximum atomic E-state index is 6.51. The molecule has 1 aliphatic heterocycles. The van der Waals surface area contributed by atoms with Gasteiger partial charge in [0, 0.05) is 27.9 Å². The lowest BCUT2D eigenvalue weighted by molar-refractivity contribution is 0.265. The normalized spacial score (nSPS) is 27.5. The number of hydrogen-bond acceptors (Lipinski definition) is 1. The Bertz CT molecular complexity index is 712. The molecule has 2 aliphatic rings. The van der Waals surface area contributed by atoms with Gasteiger partial charge in [0.25, 0.3) is 0 Å². The minimum atomic E-state index is 0.364. The summed E-state index contributed by atoms with van der Waals surface area (Å²) in [6.45, 7) is 1.19. The third-order valence-electron chi connectivity index (χ3n) is 5.41. The monoisotopic (exact) mass is 331 g/mol. The van der Waals surface area contributed by atoms with Crippen molar-refractivity contribution in [1.82, 2.24) is 4.90 Å². The molecule has 0 amide bonds. The topological polar surface area (TPSA) is 3.24 Å². The first-order chi connectivity index (χ1) is 10.6. The summed E-state index contributed by atoms with van der Waals surface area (Å²) in [4.78, 5) is 2.51. The molecule has 3 atom stereocenters. The third-order valence-corrected chi connectivity index (χ3v) is 5.97. The highest BCUT2D eigenvalue weighted by Gasteiger charge is 2.41. The highest BCUT2D eigenvalue weighted by Crippen LogP contribution is 2.49. The molecule has 0 bridgehead atoms. The molecular formula is C19H19Cl2N. The summed E-state index contributed by atoms with van der Waals surface area (Å²) in [6.07, 6.45) is 2.40. The minimum absolute atomic E-state index is 0.364. The van der Waals surface area contributed by atoms with Crippen LogP contribution in [0.15, 0.2) is 42.5 Å². The molecule has 1 aliphatic carbocycles. The smallest absolute Gasteiger partial charge is 0.0459 e. The van der Waals surface area contributed by atoms with Crippen molar-refractivity contribution in [2.24, 2.45) is 0 Å². The lowest BCUT2D eigenvalue weighted by atomic mass is 9.71. The second-order valence-electron chi connectivity index (χ2n) is 6.53. The summed E-state index contributed by atoms with van der Waals surface area (Å²) in [6, 6.07) is 15.4. The van der Waals surface area contributed by atoms with Gasteiger partial charge >= 0.3 is 0 Å². The summed E-state index contributed by atoms with van der Waals surface area (Å²) in [5, 5.41) is 1.49. The molecule has 114 valence electrons. The zero-order valence-corrected chi connectivity index (χ0v) is 14.1. The van der Waals surface area contributed by atoms with E-state index in [4.69, 9.17) is 23.2 Å². The van der Waals surface area contributed by atoms with Crippen LogP contribution in [-0.2, 0) is 0 Å². The van der Waals surface area contributed by atoms with Crippen LogP contribution in [0.4, 0.5) is 0 Å². The van der Waals surface area contributed by atoms with Gasteiger partial charge in [-0.1, -0.05) is 53.5 Å². The third kappa shape index (κ3) is 2.27. The first-order valence-electron chi connectivity index (χ1n) is 7.89. The Morgan fingerprint density at radius 1 is 1.00 bits per heavy atom. The van der Waals surface area contributed by atoms with Crippen molar-refractivity contribution >= 4 is 23.2 Å². The lowest BCUT2D eigenvalue weighted by Gasteiger charge is -2.37.